The van der Waals surface area contributed by atoms with Gasteiger partial charge in [0, 0.05) is 25.2 Å². The number of anilines is 1. The first-order chi connectivity index (χ1) is 11.9. The van der Waals surface area contributed by atoms with Crippen LogP contribution in [0.2, 0.25) is 0 Å². The molecule has 1 aromatic carbocycles. The number of carbonyl (C=O) groups excluding carboxylic acids is 1. The number of hydrogen-bond donors (Lipinski definition) is 1. The Morgan fingerprint density at radius 3 is 2.44 bits per heavy atom. The van der Waals surface area contributed by atoms with Crippen LogP contribution >= 0.6 is 0 Å². The molecule has 1 amide bonds. The molecule has 0 aromatic heterocycles. The third-order valence-corrected chi connectivity index (χ3v) is 7.24. The Morgan fingerprint density at radius 2 is 1.84 bits per heavy atom. The number of nitrogens with zero attached hydrogens (tertiary/aromatic N) is 1. The highest BCUT2D eigenvalue weighted by molar-refractivity contribution is 7.89. The van der Waals surface area contributed by atoms with Crippen LogP contribution in [0.4, 0.5) is 5.69 Å². The summed E-state index contributed by atoms with van der Waals surface area (Å²) in [5.74, 6) is 0.629. The average Bonchev–Trinajstić information content (AvgIpc) is 3.09. The molecule has 25 heavy (non-hydrogen) atoms. The lowest BCUT2D eigenvalue weighted by atomic mass is 10.0. The van der Waals surface area contributed by atoms with Crippen LogP contribution in [0, 0.1) is 12.8 Å². The summed E-state index contributed by atoms with van der Waals surface area (Å²) in [6.07, 6.45) is 6.42. The van der Waals surface area contributed by atoms with Crippen molar-refractivity contribution in [2.45, 2.75) is 64.2 Å². The van der Waals surface area contributed by atoms with Gasteiger partial charge < -0.3 is 5.32 Å². The van der Waals surface area contributed by atoms with E-state index in [1.807, 2.05) is 13.8 Å². The summed E-state index contributed by atoms with van der Waals surface area (Å²) in [5, 5.41) is 2.86. The molecule has 1 aliphatic rings. The lowest BCUT2D eigenvalue weighted by Gasteiger charge is -2.20. The molecule has 0 radical (unpaired) electrons. The van der Waals surface area contributed by atoms with Gasteiger partial charge in [-0.05, 0) is 37.0 Å². The number of sulfonamides is 1. The van der Waals surface area contributed by atoms with E-state index in [9.17, 15) is 13.2 Å². The second-order valence-electron chi connectivity index (χ2n) is 6.81. The molecule has 6 heteroatoms. The maximum absolute atomic E-state index is 12.8. The van der Waals surface area contributed by atoms with Crippen molar-refractivity contribution in [3.05, 3.63) is 23.8 Å². The number of aryl methyl sites for hydroxylation is 1. The fraction of sp³-hybridized carbons (Fsp3) is 0.632. The van der Waals surface area contributed by atoms with Crippen molar-refractivity contribution in [1.82, 2.24) is 4.31 Å². The number of carbonyl (C=O) groups is 1. The molecule has 1 aliphatic carbocycles. The van der Waals surface area contributed by atoms with E-state index in [1.165, 1.54) is 30.0 Å². The van der Waals surface area contributed by atoms with Gasteiger partial charge in [-0.25, -0.2) is 8.42 Å². The van der Waals surface area contributed by atoms with Crippen LogP contribution in [0.5, 0.6) is 0 Å². The first-order valence-corrected chi connectivity index (χ1v) is 10.7. The van der Waals surface area contributed by atoms with Gasteiger partial charge in [0.1, 0.15) is 0 Å². The molecule has 0 bridgehead atoms. The number of hydrogen-bond acceptors (Lipinski definition) is 3. The fourth-order valence-electron chi connectivity index (χ4n) is 3.52. The number of benzene rings is 1. The molecule has 2 rings (SSSR count). The molecule has 0 atom stereocenters. The van der Waals surface area contributed by atoms with Gasteiger partial charge in [-0.1, -0.05) is 45.6 Å². The predicted molar refractivity (Wildman–Crippen MR) is 101 cm³/mol. The van der Waals surface area contributed by atoms with Crippen LogP contribution in [-0.4, -0.2) is 31.7 Å². The van der Waals surface area contributed by atoms with Crippen LogP contribution < -0.4 is 5.32 Å². The van der Waals surface area contributed by atoms with Gasteiger partial charge in [0.15, 0.2) is 0 Å². The van der Waals surface area contributed by atoms with Crippen LogP contribution in [-0.2, 0) is 14.8 Å². The molecule has 140 valence electrons. The Hall–Kier alpha value is -1.40. The number of rotatable bonds is 8. The van der Waals surface area contributed by atoms with E-state index in [1.54, 1.807) is 25.1 Å². The second kappa shape index (κ2) is 8.81. The molecule has 0 heterocycles. The largest absolute Gasteiger partial charge is 0.326 e. The van der Waals surface area contributed by atoms with Crippen molar-refractivity contribution in [3.8, 4) is 0 Å². The lowest BCUT2D eigenvalue weighted by Crippen LogP contribution is -2.31. The van der Waals surface area contributed by atoms with Crippen LogP contribution in [0.1, 0.15) is 57.9 Å². The van der Waals surface area contributed by atoms with E-state index in [0.29, 0.717) is 36.7 Å². The maximum atomic E-state index is 12.8. The summed E-state index contributed by atoms with van der Waals surface area (Å²) in [7, 11) is -3.53. The van der Waals surface area contributed by atoms with E-state index in [0.717, 1.165) is 6.42 Å². The van der Waals surface area contributed by atoms with Gasteiger partial charge in [-0.2, -0.15) is 4.31 Å². The standard InChI is InChI=1S/C19H30N2O3S/c1-4-21(5-2)25(23,24)18-14-17(12-10-15(18)3)20-19(22)13-11-16-8-6-7-9-16/h10,12,14,16H,4-9,11,13H2,1-3H3,(H,20,22). The summed E-state index contributed by atoms with van der Waals surface area (Å²) >= 11 is 0. The third-order valence-electron chi connectivity index (χ3n) is 5.05. The average molecular weight is 367 g/mol. The minimum absolute atomic E-state index is 0.0399. The molecule has 0 aliphatic heterocycles. The molecule has 5 nitrogen and oxygen atoms in total. The normalized spacial score (nSPS) is 15.7. The highest BCUT2D eigenvalue weighted by Gasteiger charge is 2.24. The Balaban J connectivity index is 2.08. The summed E-state index contributed by atoms with van der Waals surface area (Å²) in [6.45, 7) is 6.28. The molecule has 1 N–H and O–H groups in total. The molecule has 0 unspecified atom stereocenters. The second-order valence-corrected chi connectivity index (χ2v) is 8.71. The maximum Gasteiger partial charge on any atom is 0.243 e. The van der Waals surface area contributed by atoms with E-state index in [-0.39, 0.29) is 10.8 Å². The highest BCUT2D eigenvalue weighted by Crippen LogP contribution is 2.29. The molecule has 0 spiro atoms. The molecular formula is C19H30N2O3S. The predicted octanol–water partition coefficient (Wildman–Crippen LogP) is 3.93. The monoisotopic (exact) mass is 366 g/mol. The number of nitrogens with one attached hydrogen (secondary N) is 1. The zero-order chi connectivity index (χ0) is 18.4. The van der Waals surface area contributed by atoms with Gasteiger partial charge in [0.25, 0.3) is 0 Å². The van der Waals surface area contributed by atoms with Crippen LogP contribution in [0.15, 0.2) is 23.1 Å². The zero-order valence-electron chi connectivity index (χ0n) is 15.5. The Kier molecular flexibility index (Phi) is 7.02. The molecular weight excluding hydrogens is 336 g/mol. The van der Waals surface area contributed by atoms with Gasteiger partial charge >= 0.3 is 0 Å². The first kappa shape index (κ1) is 19.9. The molecule has 1 aromatic rings. The lowest BCUT2D eigenvalue weighted by molar-refractivity contribution is -0.116. The minimum Gasteiger partial charge on any atom is -0.326 e. The van der Waals surface area contributed by atoms with Crippen molar-refractivity contribution in [2.75, 3.05) is 18.4 Å². The van der Waals surface area contributed by atoms with E-state index < -0.39 is 10.0 Å². The van der Waals surface area contributed by atoms with E-state index >= 15 is 0 Å². The van der Waals surface area contributed by atoms with Crippen molar-refractivity contribution < 1.29 is 13.2 Å². The molecule has 1 fully saturated rings. The van der Waals surface area contributed by atoms with Crippen LogP contribution in [0.25, 0.3) is 0 Å². The number of amides is 1. The smallest absolute Gasteiger partial charge is 0.243 e. The fourth-order valence-corrected chi connectivity index (χ4v) is 5.22. The summed E-state index contributed by atoms with van der Waals surface area (Å²) in [5.41, 5.74) is 1.24. The van der Waals surface area contributed by atoms with Crippen molar-refractivity contribution in [1.29, 1.82) is 0 Å². The Labute approximate surface area is 151 Å². The molecule has 0 saturated heterocycles. The zero-order valence-corrected chi connectivity index (χ0v) is 16.4. The van der Waals surface area contributed by atoms with Gasteiger partial charge in [0.2, 0.25) is 15.9 Å². The Morgan fingerprint density at radius 1 is 1.20 bits per heavy atom. The molecule has 1 saturated carbocycles. The quantitative estimate of drug-likeness (QED) is 0.758. The summed E-state index contributed by atoms with van der Waals surface area (Å²) in [6, 6.07) is 5.10. The summed E-state index contributed by atoms with van der Waals surface area (Å²) < 4.78 is 27.0. The topological polar surface area (TPSA) is 66.5 Å². The van der Waals surface area contributed by atoms with Crippen LogP contribution in [0.3, 0.4) is 0 Å². The van der Waals surface area contributed by atoms with Gasteiger partial charge in [0.05, 0.1) is 4.90 Å². The van der Waals surface area contributed by atoms with Crippen molar-refractivity contribution in [2.24, 2.45) is 5.92 Å². The van der Waals surface area contributed by atoms with Crippen molar-refractivity contribution in [3.63, 3.8) is 0 Å². The SMILES string of the molecule is CCN(CC)S(=O)(=O)c1cc(NC(=O)CCC2CCCC2)ccc1C. The summed E-state index contributed by atoms with van der Waals surface area (Å²) in [4.78, 5) is 12.5. The van der Waals surface area contributed by atoms with E-state index in [4.69, 9.17) is 0 Å². The van der Waals surface area contributed by atoms with Gasteiger partial charge in [-0.3, -0.25) is 4.79 Å². The Bertz CT molecular complexity index is 691. The van der Waals surface area contributed by atoms with Crippen molar-refractivity contribution >= 4 is 21.6 Å². The first-order valence-electron chi connectivity index (χ1n) is 9.29. The minimum atomic E-state index is -3.53. The highest BCUT2D eigenvalue weighted by atomic mass is 32.2. The van der Waals surface area contributed by atoms with Gasteiger partial charge in [-0.15, -0.1) is 0 Å². The third kappa shape index (κ3) is 5.05. The van der Waals surface area contributed by atoms with E-state index in [2.05, 4.69) is 5.32 Å².